The molecular formula is C20H30ClN3O4S. The Morgan fingerprint density at radius 1 is 1.28 bits per heavy atom. The Labute approximate surface area is 178 Å². The second-order valence-corrected chi connectivity index (χ2v) is 10.7. The number of amides is 1. The number of likely N-dealkylation sites (tertiary alicyclic amines) is 1. The fourth-order valence-corrected chi connectivity index (χ4v) is 5.71. The fraction of sp³-hybridized carbons (Fsp3) is 0.650. The van der Waals surface area contributed by atoms with Crippen molar-refractivity contribution in [1.29, 1.82) is 0 Å². The summed E-state index contributed by atoms with van der Waals surface area (Å²) in [4.78, 5) is 15.1. The van der Waals surface area contributed by atoms with E-state index in [1.54, 1.807) is 37.5 Å². The third-order valence-corrected chi connectivity index (χ3v) is 8.03. The van der Waals surface area contributed by atoms with Crippen LogP contribution in [0.3, 0.4) is 0 Å². The van der Waals surface area contributed by atoms with Crippen LogP contribution < -0.4 is 4.74 Å². The minimum Gasteiger partial charge on any atom is -0.481 e. The fourth-order valence-electron chi connectivity index (χ4n) is 4.30. The van der Waals surface area contributed by atoms with E-state index in [0.717, 1.165) is 18.4 Å². The number of benzene rings is 1. The van der Waals surface area contributed by atoms with E-state index in [0.29, 0.717) is 36.8 Å². The molecule has 1 amide bonds. The average molecular weight is 444 g/mol. The van der Waals surface area contributed by atoms with Crippen LogP contribution in [0.5, 0.6) is 5.75 Å². The Balaban J connectivity index is 1.69. The van der Waals surface area contributed by atoms with E-state index < -0.39 is 16.3 Å². The minimum absolute atomic E-state index is 0.0435. The molecule has 29 heavy (non-hydrogen) atoms. The first kappa shape index (κ1) is 22.3. The number of hydrogen-bond acceptors (Lipinski definition) is 4. The number of ether oxygens (including phenoxy) is 1. The van der Waals surface area contributed by atoms with E-state index in [1.165, 1.54) is 4.31 Å². The summed E-state index contributed by atoms with van der Waals surface area (Å²) in [6.45, 7) is 5.24. The van der Waals surface area contributed by atoms with Crippen LogP contribution in [-0.4, -0.2) is 73.7 Å². The first-order valence-electron chi connectivity index (χ1n) is 10.0. The molecule has 0 saturated carbocycles. The molecule has 0 radical (unpaired) electrons. The molecule has 0 spiro atoms. The van der Waals surface area contributed by atoms with E-state index in [1.807, 2.05) is 17.9 Å². The Hall–Kier alpha value is -1.35. The zero-order valence-corrected chi connectivity index (χ0v) is 19.0. The van der Waals surface area contributed by atoms with Gasteiger partial charge in [0.25, 0.3) is 16.1 Å². The standard InChI is InChI=1S/C20H30ClN3O4S/c1-14-12-17(21)7-8-19(14)28-15(2)20(25)24-10-5-6-16-13-23(11-9-18(16)24)29(26,27)22(3)4/h7-8,12,15-16,18H,5-6,9-11,13H2,1-4H3/t15-,16+,18-/m0/s1. The number of aryl methyl sites for hydroxylation is 1. The molecule has 162 valence electrons. The Morgan fingerprint density at radius 3 is 2.66 bits per heavy atom. The van der Waals surface area contributed by atoms with Crippen LogP contribution in [0.2, 0.25) is 5.02 Å². The highest BCUT2D eigenvalue weighted by atomic mass is 35.5. The van der Waals surface area contributed by atoms with Gasteiger partial charge in [0.05, 0.1) is 0 Å². The maximum Gasteiger partial charge on any atom is 0.281 e. The molecule has 7 nitrogen and oxygen atoms in total. The number of halogens is 1. The van der Waals surface area contributed by atoms with Crippen molar-refractivity contribution >= 4 is 27.7 Å². The molecule has 2 heterocycles. The van der Waals surface area contributed by atoms with E-state index >= 15 is 0 Å². The Kier molecular flexibility index (Phi) is 6.77. The average Bonchev–Trinajstić information content (AvgIpc) is 2.68. The Bertz CT molecular complexity index is 861. The summed E-state index contributed by atoms with van der Waals surface area (Å²) >= 11 is 6.00. The van der Waals surface area contributed by atoms with Crippen molar-refractivity contribution in [3.05, 3.63) is 28.8 Å². The molecule has 0 aromatic heterocycles. The van der Waals surface area contributed by atoms with Gasteiger partial charge in [-0.2, -0.15) is 17.0 Å². The van der Waals surface area contributed by atoms with Crippen LogP contribution in [-0.2, 0) is 15.0 Å². The van der Waals surface area contributed by atoms with Crippen LogP contribution in [0.25, 0.3) is 0 Å². The molecule has 2 saturated heterocycles. The van der Waals surface area contributed by atoms with Crippen molar-refractivity contribution < 1.29 is 17.9 Å². The minimum atomic E-state index is -3.43. The van der Waals surface area contributed by atoms with Gasteiger partial charge >= 0.3 is 0 Å². The Morgan fingerprint density at radius 2 is 2.00 bits per heavy atom. The molecule has 2 fully saturated rings. The molecule has 0 N–H and O–H groups in total. The van der Waals surface area contributed by atoms with E-state index in [2.05, 4.69) is 0 Å². The number of rotatable bonds is 5. The summed E-state index contributed by atoms with van der Waals surface area (Å²) in [6.07, 6.45) is 1.84. The van der Waals surface area contributed by atoms with Gasteiger partial charge in [0.2, 0.25) is 0 Å². The normalized spacial score (nSPS) is 24.3. The lowest BCUT2D eigenvalue weighted by molar-refractivity contribution is -0.144. The van der Waals surface area contributed by atoms with Gasteiger partial charge in [-0.05, 0) is 62.8 Å². The molecule has 9 heteroatoms. The van der Waals surface area contributed by atoms with Crippen LogP contribution >= 0.6 is 11.6 Å². The van der Waals surface area contributed by atoms with Crippen molar-refractivity contribution in [2.75, 3.05) is 33.7 Å². The quantitative estimate of drug-likeness (QED) is 0.701. The summed E-state index contributed by atoms with van der Waals surface area (Å²) in [5.41, 5.74) is 0.885. The molecule has 2 aliphatic heterocycles. The first-order valence-corrected chi connectivity index (χ1v) is 11.8. The predicted molar refractivity (Wildman–Crippen MR) is 113 cm³/mol. The van der Waals surface area contributed by atoms with Gasteiger partial charge < -0.3 is 9.64 Å². The van der Waals surface area contributed by atoms with Gasteiger partial charge in [-0.3, -0.25) is 4.79 Å². The zero-order chi connectivity index (χ0) is 21.3. The number of carbonyl (C=O) groups excluding carboxylic acids is 1. The van der Waals surface area contributed by atoms with E-state index in [9.17, 15) is 13.2 Å². The lowest BCUT2D eigenvalue weighted by atomic mass is 9.84. The third kappa shape index (κ3) is 4.71. The van der Waals surface area contributed by atoms with E-state index in [4.69, 9.17) is 16.3 Å². The number of carbonyl (C=O) groups is 1. The lowest BCUT2D eigenvalue weighted by Crippen LogP contribution is -2.59. The topological polar surface area (TPSA) is 70.2 Å². The summed E-state index contributed by atoms with van der Waals surface area (Å²) in [6, 6.07) is 5.40. The molecule has 0 aliphatic carbocycles. The number of nitrogens with zero attached hydrogens (tertiary/aromatic N) is 3. The molecule has 3 atom stereocenters. The van der Waals surface area contributed by atoms with Crippen molar-refractivity contribution in [2.24, 2.45) is 5.92 Å². The lowest BCUT2D eigenvalue weighted by Gasteiger charge is -2.47. The maximum atomic E-state index is 13.2. The monoisotopic (exact) mass is 443 g/mol. The summed E-state index contributed by atoms with van der Waals surface area (Å²) < 4.78 is 33.7. The number of hydrogen-bond donors (Lipinski definition) is 0. The molecule has 1 aromatic rings. The summed E-state index contributed by atoms with van der Waals surface area (Å²) in [5.74, 6) is 0.759. The molecule has 3 rings (SSSR count). The molecule has 1 aromatic carbocycles. The first-order chi connectivity index (χ1) is 13.6. The number of piperidine rings is 2. The number of fused-ring (bicyclic) bond motifs is 1. The summed E-state index contributed by atoms with van der Waals surface area (Å²) in [7, 11) is -0.323. The highest BCUT2D eigenvalue weighted by Crippen LogP contribution is 2.33. The van der Waals surface area contributed by atoms with Crippen molar-refractivity contribution in [3.63, 3.8) is 0 Å². The van der Waals surface area contributed by atoms with Gasteiger partial charge in [-0.15, -0.1) is 0 Å². The van der Waals surface area contributed by atoms with Crippen molar-refractivity contribution in [3.8, 4) is 5.75 Å². The largest absolute Gasteiger partial charge is 0.481 e. The van der Waals surface area contributed by atoms with Gasteiger partial charge in [0.15, 0.2) is 6.10 Å². The zero-order valence-electron chi connectivity index (χ0n) is 17.5. The van der Waals surface area contributed by atoms with Gasteiger partial charge in [0, 0.05) is 44.8 Å². The van der Waals surface area contributed by atoms with Gasteiger partial charge in [-0.25, -0.2) is 0 Å². The molecule has 2 aliphatic rings. The highest BCUT2D eigenvalue weighted by Gasteiger charge is 2.42. The van der Waals surface area contributed by atoms with Crippen molar-refractivity contribution in [2.45, 2.75) is 45.3 Å². The van der Waals surface area contributed by atoms with Crippen LogP contribution in [0.1, 0.15) is 31.7 Å². The highest BCUT2D eigenvalue weighted by molar-refractivity contribution is 7.86. The van der Waals surface area contributed by atoms with Gasteiger partial charge in [-0.1, -0.05) is 11.6 Å². The SMILES string of the molecule is Cc1cc(Cl)ccc1O[C@@H](C)C(=O)N1CCC[C@@H]2CN(S(=O)(=O)N(C)C)CC[C@@H]21. The second-order valence-electron chi connectivity index (χ2n) is 8.11. The smallest absolute Gasteiger partial charge is 0.281 e. The molecule has 0 unspecified atom stereocenters. The van der Waals surface area contributed by atoms with Crippen LogP contribution in [0.15, 0.2) is 18.2 Å². The maximum absolute atomic E-state index is 13.2. The third-order valence-electron chi connectivity index (χ3n) is 5.89. The predicted octanol–water partition coefficient (Wildman–Crippen LogP) is 2.54. The summed E-state index contributed by atoms with van der Waals surface area (Å²) in [5, 5.41) is 0.632. The van der Waals surface area contributed by atoms with Crippen molar-refractivity contribution in [1.82, 2.24) is 13.5 Å². The second kappa shape index (κ2) is 8.79. The van der Waals surface area contributed by atoms with E-state index in [-0.39, 0.29) is 17.9 Å². The molecule has 0 bridgehead atoms. The molecular weight excluding hydrogens is 414 g/mol. The van der Waals surface area contributed by atoms with Gasteiger partial charge in [0.1, 0.15) is 5.75 Å². The van der Waals surface area contributed by atoms with Crippen LogP contribution in [0, 0.1) is 12.8 Å². The van der Waals surface area contributed by atoms with Crippen LogP contribution in [0.4, 0.5) is 0 Å².